The zero-order valence-corrected chi connectivity index (χ0v) is 19.4. The van der Waals surface area contributed by atoms with Crippen LogP contribution in [-0.4, -0.2) is 43.7 Å². The topological polar surface area (TPSA) is 48.0 Å². The lowest BCUT2D eigenvalue weighted by Crippen LogP contribution is -2.63. The SMILES string of the molecule is Br.COc1ccc2c3c1O[C@H]1C(OC(=O)c4ccccc4)=CC[C@H]4[C@@H](C2)N(C)CC[C@]314. The van der Waals surface area contributed by atoms with Crippen LogP contribution in [0.3, 0.4) is 0 Å². The fourth-order valence-electron chi connectivity index (χ4n) is 6.30. The molecule has 6 heteroatoms. The lowest BCUT2D eigenvalue weighted by molar-refractivity contribution is -0.0272. The van der Waals surface area contributed by atoms with Crippen LogP contribution >= 0.6 is 17.0 Å². The van der Waals surface area contributed by atoms with Crippen LogP contribution in [-0.2, 0) is 16.6 Å². The zero-order chi connectivity index (χ0) is 20.5. The van der Waals surface area contributed by atoms with E-state index in [0.29, 0.717) is 23.3 Å². The number of ether oxygens (including phenoxy) is 3. The maximum Gasteiger partial charge on any atom is 0.343 e. The number of halogens is 1. The summed E-state index contributed by atoms with van der Waals surface area (Å²) in [5.41, 5.74) is 3.03. The van der Waals surface area contributed by atoms with Crippen LogP contribution in [0.25, 0.3) is 0 Å². The number of carbonyl (C=O) groups excluding carboxylic acids is 1. The summed E-state index contributed by atoms with van der Waals surface area (Å²) < 4.78 is 18.2. The van der Waals surface area contributed by atoms with Gasteiger partial charge < -0.3 is 19.1 Å². The van der Waals surface area contributed by atoms with Gasteiger partial charge in [-0.3, -0.25) is 0 Å². The Bertz CT molecular complexity index is 1070. The molecule has 2 aliphatic heterocycles. The average molecular weight is 484 g/mol. The van der Waals surface area contributed by atoms with E-state index in [2.05, 4.69) is 24.1 Å². The number of rotatable bonds is 3. The monoisotopic (exact) mass is 483 g/mol. The zero-order valence-electron chi connectivity index (χ0n) is 17.7. The molecule has 0 radical (unpaired) electrons. The second-order valence-electron chi connectivity index (χ2n) is 8.88. The summed E-state index contributed by atoms with van der Waals surface area (Å²) in [6, 6.07) is 13.8. The van der Waals surface area contributed by atoms with Crippen LogP contribution in [0.2, 0.25) is 0 Å². The summed E-state index contributed by atoms with van der Waals surface area (Å²) in [6.45, 7) is 1.01. The first-order valence-corrected chi connectivity index (χ1v) is 10.7. The Morgan fingerprint density at radius 3 is 2.77 bits per heavy atom. The summed E-state index contributed by atoms with van der Waals surface area (Å²) in [4.78, 5) is 15.3. The predicted molar refractivity (Wildman–Crippen MR) is 122 cm³/mol. The molecule has 0 N–H and O–H groups in total. The highest BCUT2D eigenvalue weighted by atomic mass is 79.9. The van der Waals surface area contributed by atoms with Crippen LogP contribution in [0.4, 0.5) is 0 Å². The summed E-state index contributed by atoms with van der Waals surface area (Å²) in [6.07, 6.45) is 4.71. The molecule has 1 fully saturated rings. The molecule has 2 aromatic rings. The van der Waals surface area contributed by atoms with Crippen molar-refractivity contribution in [3.8, 4) is 11.5 Å². The van der Waals surface area contributed by atoms with E-state index in [0.717, 1.165) is 37.3 Å². The van der Waals surface area contributed by atoms with E-state index < -0.39 is 0 Å². The maximum absolute atomic E-state index is 12.8. The number of nitrogens with zero attached hydrogens (tertiary/aromatic N) is 1. The standard InChI is InChI=1S/C25H25NO4.BrH/c1-26-13-12-25-17-9-11-20(29-24(27)15-6-4-3-5-7-15)23(25)30-22-19(28-2)10-8-16(21(22)25)14-18(17)26;/h3-8,10-11,17-18,23H,9,12-14H2,1-2H3;1H/t17-,18+,23-,25-;/m0./s1. The van der Waals surface area contributed by atoms with Gasteiger partial charge in [-0.1, -0.05) is 24.3 Å². The molecule has 1 saturated heterocycles. The molecule has 2 aromatic carbocycles. The third-order valence-electron chi connectivity index (χ3n) is 7.65. The smallest absolute Gasteiger partial charge is 0.343 e. The van der Waals surface area contributed by atoms with Gasteiger partial charge in [-0.15, -0.1) is 17.0 Å². The number of allylic oxidation sites excluding steroid dienone is 1. The molecular weight excluding hydrogens is 458 g/mol. The summed E-state index contributed by atoms with van der Waals surface area (Å²) in [5, 5.41) is 0. The highest BCUT2D eigenvalue weighted by molar-refractivity contribution is 8.93. The van der Waals surface area contributed by atoms with Crippen LogP contribution < -0.4 is 9.47 Å². The van der Waals surface area contributed by atoms with Gasteiger partial charge in [0.15, 0.2) is 17.6 Å². The van der Waals surface area contributed by atoms with Crippen molar-refractivity contribution in [2.24, 2.45) is 5.92 Å². The molecule has 4 atom stereocenters. The Balaban J connectivity index is 0.00000204. The van der Waals surface area contributed by atoms with Crippen molar-refractivity contribution < 1.29 is 19.0 Å². The number of hydrogen-bond donors (Lipinski definition) is 0. The van der Waals surface area contributed by atoms with E-state index in [-0.39, 0.29) is 34.5 Å². The van der Waals surface area contributed by atoms with Gasteiger partial charge in [0.05, 0.1) is 12.7 Å². The van der Waals surface area contributed by atoms with Crippen molar-refractivity contribution in [3.63, 3.8) is 0 Å². The quantitative estimate of drug-likeness (QED) is 0.609. The number of methoxy groups -OCH3 is 1. The molecule has 0 saturated carbocycles. The summed E-state index contributed by atoms with van der Waals surface area (Å²) in [5.74, 6) is 2.37. The van der Waals surface area contributed by atoms with E-state index in [4.69, 9.17) is 14.2 Å². The number of carbonyl (C=O) groups is 1. The van der Waals surface area contributed by atoms with E-state index in [9.17, 15) is 4.79 Å². The van der Waals surface area contributed by atoms with Crippen molar-refractivity contribution in [2.45, 2.75) is 36.8 Å². The van der Waals surface area contributed by atoms with Gasteiger partial charge in [0, 0.05) is 17.0 Å². The minimum Gasteiger partial charge on any atom is -0.493 e. The van der Waals surface area contributed by atoms with E-state index in [1.165, 1.54) is 11.1 Å². The third-order valence-corrected chi connectivity index (χ3v) is 7.65. The van der Waals surface area contributed by atoms with Gasteiger partial charge in [-0.05, 0) is 68.6 Å². The molecule has 2 heterocycles. The number of likely N-dealkylation sites (tertiary alicyclic amines) is 1. The van der Waals surface area contributed by atoms with Gasteiger partial charge in [-0.25, -0.2) is 4.79 Å². The molecule has 2 aliphatic carbocycles. The Morgan fingerprint density at radius 2 is 2.00 bits per heavy atom. The Morgan fingerprint density at radius 1 is 1.19 bits per heavy atom. The van der Waals surface area contributed by atoms with Crippen LogP contribution in [0.5, 0.6) is 11.5 Å². The number of likely N-dealkylation sites (N-methyl/N-ethyl adjacent to an activating group) is 1. The largest absolute Gasteiger partial charge is 0.493 e. The van der Waals surface area contributed by atoms with Crippen molar-refractivity contribution >= 4 is 23.0 Å². The molecule has 162 valence electrons. The van der Waals surface area contributed by atoms with Crippen molar-refractivity contribution in [1.29, 1.82) is 0 Å². The molecule has 31 heavy (non-hydrogen) atoms. The van der Waals surface area contributed by atoms with Crippen molar-refractivity contribution in [3.05, 3.63) is 71.0 Å². The van der Waals surface area contributed by atoms with Gasteiger partial charge in [0.1, 0.15) is 5.76 Å². The number of benzene rings is 2. The maximum atomic E-state index is 12.8. The first-order valence-electron chi connectivity index (χ1n) is 10.7. The lowest BCUT2D eigenvalue weighted by atomic mass is 9.53. The fraction of sp³-hybridized carbons (Fsp3) is 0.400. The Kier molecular flexibility index (Phi) is 4.90. The molecule has 0 aromatic heterocycles. The lowest BCUT2D eigenvalue weighted by Gasteiger charge is -2.56. The highest BCUT2D eigenvalue weighted by Crippen LogP contribution is 2.63. The third kappa shape index (κ3) is 2.74. The predicted octanol–water partition coefficient (Wildman–Crippen LogP) is 4.29. The van der Waals surface area contributed by atoms with Gasteiger partial charge in [0.25, 0.3) is 0 Å². The van der Waals surface area contributed by atoms with Crippen molar-refractivity contribution in [2.75, 3.05) is 20.7 Å². The molecule has 2 bridgehead atoms. The second-order valence-corrected chi connectivity index (χ2v) is 8.88. The minimum absolute atomic E-state index is 0. The fourth-order valence-corrected chi connectivity index (χ4v) is 6.30. The van der Waals surface area contributed by atoms with Crippen LogP contribution in [0, 0.1) is 5.92 Å². The average Bonchev–Trinajstić information content (AvgIpc) is 3.13. The molecule has 0 amide bonds. The van der Waals surface area contributed by atoms with E-state index in [1.54, 1.807) is 19.2 Å². The van der Waals surface area contributed by atoms with E-state index in [1.807, 2.05) is 24.3 Å². The molecule has 6 rings (SSSR count). The summed E-state index contributed by atoms with van der Waals surface area (Å²) >= 11 is 0. The molecular formula is C25H26BrNO4. The Labute approximate surface area is 192 Å². The van der Waals surface area contributed by atoms with Crippen LogP contribution in [0.1, 0.15) is 34.3 Å². The molecule has 5 nitrogen and oxygen atoms in total. The number of piperidine rings is 1. The number of hydrogen-bond acceptors (Lipinski definition) is 5. The number of esters is 1. The molecule has 4 aliphatic rings. The molecule has 1 spiro atoms. The van der Waals surface area contributed by atoms with Gasteiger partial charge in [-0.2, -0.15) is 0 Å². The van der Waals surface area contributed by atoms with Gasteiger partial charge >= 0.3 is 5.97 Å². The summed E-state index contributed by atoms with van der Waals surface area (Å²) in [7, 11) is 3.91. The molecule has 0 unspecified atom stereocenters. The first-order chi connectivity index (χ1) is 14.6. The second kappa shape index (κ2) is 7.38. The highest BCUT2D eigenvalue weighted by Gasteiger charge is 2.64. The minimum atomic E-state index is -0.330. The Hall–Kier alpha value is -2.31. The van der Waals surface area contributed by atoms with E-state index >= 15 is 0 Å². The van der Waals surface area contributed by atoms with Gasteiger partial charge in [0.2, 0.25) is 0 Å². The normalized spacial score (nSPS) is 29.7. The first kappa shape index (κ1) is 20.6. The van der Waals surface area contributed by atoms with Crippen molar-refractivity contribution in [1.82, 2.24) is 4.90 Å². The van der Waals surface area contributed by atoms with Crippen LogP contribution in [0.15, 0.2) is 54.3 Å².